The summed E-state index contributed by atoms with van der Waals surface area (Å²) in [5.41, 5.74) is 2.59. The first-order valence-electron chi connectivity index (χ1n) is 11.2. The van der Waals surface area contributed by atoms with Crippen molar-refractivity contribution >= 4 is 23.4 Å². The molecule has 2 saturated carbocycles. The number of rotatable bonds is 6. The molecule has 31 heavy (non-hydrogen) atoms. The molecule has 2 aliphatic carbocycles. The monoisotopic (exact) mass is 418 g/mol. The van der Waals surface area contributed by atoms with Crippen LogP contribution < -0.4 is 10.2 Å². The van der Waals surface area contributed by atoms with E-state index in [-0.39, 0.29) is 18.0 Å². The number of carbonyl (C=O) groups is 2. The minimum Gasteiger partial charge on any atom is -0.368 e. The summed E-state index contributed by atoms with van der Waals surface area (Å²) in [5.74, 6) is 1.24. The summed E-state index contributed by atoms with van der Waals surface area (Å²) in [5, 5.41) is 3.28. The number of urea groups is 1. The van der Waals surface area contributed by atoms with Gasteiger partial charge < -0.3 is 10.2 Å². The van der Waals surface area contributed by atoms with Gasteiger partial charge in [-0.1, -0.05) is 12.1 Å². The smallest absolute Gasteiger partial charge is 0.332 e. The van der Waals surface area contributed by atoms with Gasteiger partial charge >= 0.3 is 6.03 Å². The molecule has 2 heterocycles. The van der Waals surface area contributed by atoms with Gasteiger partial charge in [0.15, 0.2) is 0 Å². The third-order valence-corrected chi connectivity index (χ3v) is 7.06. The molecular formula is C25H30N4O2. The molecule has 0 bridgehead atoms. The minimum atomic E-state index is -0.917. The van der Waals surface area contributed by atoms with Crippen LogP contribution in [0.15, 0.2) is 42.6 Å². The summed E-state index contributed by atoms with van der Waals surface area (Å²) in [6.07, 6.45) is 5.70. The molecule has 1 spiro atoms. The summed E-state index contributed by atoms with van der Waals surface area (Å²) in [4.78, 5) is 33.9. The van der Waals surface area contributed by atoms with Crippen molar-refractivity contribution < 1.29 is 9.59 Å². The Morgan fingerprint density at radius 1 is 1.13 bits per heavy atom. The number of amides is 3. The van der Waals surface area contributed by atoms with E-state index in [1.54, 1.807) is 11.1 Å². The number of imide groups is 1. The normalized spacial score (nSPS) is 23.1. The standard InChI is InChI=1S/C25H30N4O2/c1-16(2)27-21-13-17(9-12-26-21)15-28-23(31)29(22(30)24(28,3)4)19-7-5-18(6-8-19)20-14-25(20)10-11-25/h5-9,12-13,16,20H,10-11,14-15H2,1-4H3,(H,26,27). The first kappa shape index (κ1) is 20.0. The van der Waals surface area contributed by atoms with Crippen molar-refractivity contribution in [2.75, 3.05) is 10.2 Å². The molecule has 1 aliphatic heterocycles. The van der Waals surface area contributed by atoms with Gasteiger partial charge in [0.25, 0.3) is 5.91 Å². The van der Waals surface area contributed by atoms with Crippen LogP contribution in [0.3, 0.4) is 0 Å². The van der Waals surface area contributed by atoms with Crippen LogP contribution in [0.4, 0.5) is 16.3 Å². The molecule has 6 nitrogen and oxygen atoms in total. The average Bonchev–Trinajstić information content (AvgIpc) is 3.64. The van der Waals surface area contributed by atoms with Crippen LogP contribution in [-0.2, 0) is 11.3 Å². The topological polar surface area (TPSA) is 65.5 Å². The number of pyridine rings is 1. The molecule has 3 fully saturated rings. The quantitative estimate of drug-likeness (QED) is 0.677. The van der Waals surface area contributed by atoms with Gasteiger partial charge in [-0.3, -0.25) is 4.79 Å². The maximum absolute atomic E-state index is 13.3. The highest BCUT2D eigenvalue weighted by Crippen LogP contribution is 2.74. The lowest BCUT2D eigenvalue weighted by Gasteiger charge is -2.27. The molecule has 162 valence electrons. The lowest BCUT2D eigenvalue weighted by Crippen LogP contribution is -2.43. The van der Waals surface area contributed by atoms with Gasteiger partial charge in [-0.15, -0.1) is 0 Å². The van der Waals surface area contributed by atoms with Crippen LogP contribution in [0, 0.1) is 5.41 Å². The van der Waals surface area contributed by atoms with E-state index in [2.05, 4.69) is 36.3 Å². The number of hydrogen-bond acceptors (Lipinski definition) is 4. The number of aromatic nitrogens is 1. The Morgan fingerprint density at radius 2 is 1.84 bits per heavy atom. The van der Waals surface area contributed by atoms with Gasteiger partial charge in [0.1, 0.15) is 11.4 Å². The molecule has 1 aromatic heterocycles. The number of nitrogens with zero attached hydrogens (tertiary/aromatic N) is 3. The Kier molecular flexibility index (Phi) is 4.40. The summed E-state index contributed by atoms with van der Waals surface area (Å²) in [6.45, 7) is 8.09. The van der Waals surface area contributed by atoms with Gasteiger partial charge in [0.2, 0.25) is 0 Å². The third kappa shape index (κ3) is 3.38. The van der Waals surface area contributed by atoms with Gasteiger partial charge in [-0.25, -0.2) is 14.7 Å². The molecule has 3 amide bonds. The fourth-order valence-electron chi connectivity index (χ4n) is 4.85. The zero-order chi connectivity index (χ0) is 22.0. The van der Waals surface area contributed by atoms with Gasteiger partial charge in [-0.05, 0) is 93.7 Å². The van der Waals surface area contributed by atoms with E-state index in [9.17, 15) is 9.59 Å². The van der Waals surface area contributed by atoms with E-state index in [1.165, 1.54) is 29.7 Å². The van der Waals surface area contributed by atoms with Gasteiger partial charge in [0.05, 0.1) is 5.69 Å². The molecule has 1 saturated heterocycles. The average molecular weight is 419 g/mol. The van der Waals surface area contributed by atoms with Crippen LogP contribution >= 0.6 is 0 Å². The molecule has 1 aromatic carbocycles. The largest absolute Gasteiger partial charge is 0.368 e. The molecule has 1 N–H and O–H groups in total. The lowest BCUT2D eigenvalue weighted by atomic mass is 10.0. The zero-order valence-corrected chi connectivity index (χ0v) is 18.7. The molecule has 1 unspecified atom stereocenters. The zero-order valence-electron chi connectivity index (χ0n) is 18.7. The van der Waals surface area contributed by atoms with Crippen molar-refractivity contribution in [3.8, 4) is 0 Å². The number of anilines is 2. The van der Waals surface area contributed by atoms with Gasteiger partial charge in [-0.2, -0.15) is 0 Å². The summed E-state index contributed by atoms with van der Waals surface area (Å²) < 4.78 is 0. The number of benzene rings is 1. The lowest BCUT2D eigenvalue weighted by molar-refractivity contribution is -0.123. The highest BCUT2D eigenvalue weighted by molar-refractivity contribution is 6.22. The first-order chi connectivity index (χ1) is 14.7. The molecule has 6 heteroatoms. The van der Waals surface area contributed by atoms with Crippen LogP contribution in [0.25, 0.3) is 0 Å². The van der Waals surface area contributed by atoms with Crippen LogP contribution in [0.2, 0.25) is 0 Å². The predicted molar refractivity (Wildman–Crippen MR) is 121 cm³/mol. The van der Waals surface area contributed by atoms with E-state index in [4.69, 9.17) is 0 Å². The maximum atomic E-state index is 13.3. The van der Waals surface area contributed by atoms with Gasteiger partial charge in [0, 0.05) is 18.8 Å². The number of carbonyl (C=O) groups excluding carboxylic acids is 2. The molecule has 5 rings (SSSR count). The van der Waals surface area contributed by atoms with E-state index in [0.717, 1.165) is 11.4 Å². The second-order valence-corrected chi connectivity index (χ2v) is 10.1. The Bertz CT molecular complexity index is 1040. The second kappa shape index (κ2) is 6.81. The van der Waals surface area contributed by atoms with Crippen molar-refractivity contribution in [3.63, 3.8) is 0 Å². The van der Waals surface area contributed by atoms with E-state index in [0.29, 0.717) is 23.6 Å². The Morgan fingerprint density at radius 3 is 2.45 bits per heavy atom. The highest BCUT2D eigenvalue weighted by Gasteiger charge is 2.62. The molecule has 1 atom stereocenters. The van der Waals surface area contributed by atoms with Crippen molar-refractivity contribution in [1.82, 2.24) is 9.88 Å². The Labute approximate surface area is 183 Å². The third-order valence-electron chi connectivity index (χ3n) is 7.06. The van der Waals surface area contributed by atoms with Crippen molar-refractivity contribution in [1.29, 1.82) is 0 Å². The maximum Gasteiger partial charge on any atom is 0.332 e. The minimum absolute atomic E-state index is 0.190. The summed E-state index contributed by atoms with van der Waals surface area (Å²) in [7, 11) is 0. The first-order valence-corrected chi connectivity index (χ1v) is 11.2. The summed E-state index contributed by atoms with van der Waals surface area (Å²) in [6, 6.07) is 11.9. The highest BCUT2D eigenvalue weighted by atomic mass is 16.2. The fraction of sp³-hybridized carbons (Fsp3) is 0.480. The van der Waals surface area contributed by atoms with Crippen molar-refractivity contribution in [3.05, 3.63) is 53.7 Å². The molecule has 0 radical (unpaired) electrons. The van der Waals surface area contributed by atoms with Crippen LogP contribution in [-0.4, -0.2) is 33.4 Å². The van der Waals surface area contributed by atoms with E-state index < -0.39 is 5.54 Å². The van der Waals surface area contributed by atoms with E-state index >= 15 is 0 Å². The van der Waals surface area contributed by atoms with Crippen LogP contribution in [0.5, 0.6) is 0 Å². The summed E-state index contributed by atoms with van der Waals surface area (Å²) >= 11 is 0. The Balaban J connectivity index is 1.36. The van der Waals surface area contributed by atoms with Crippen molar-refractivity contribution in [2.24, 2.45) is 5.41 Å². The van der Waals surface area contributed by atoms with Crippen molar-refractivity contribution in [2.45, 2.75) is 71.0 Å². The number of hydrogen-bond donors (Lipinski definition) is 1. The van der Waals surface area contributed by atoms with Crippen LogP contribution in [0.1, 0.15) is 64.0 Å². The SMILES string of the molecule is CC(C)Nc1cc(CN2C(=O)N(c3ccc(C4CC45CC5)cc3)C(=O)C2(C)C)ccn1. The Hall–Kier alpha value is -2.89. The number of nitrogens with one attached hydrogen (secondary N) is 1. The van der Waals surface area contributed by atoms with E-state index in [1.807, 2.05) is 38.1 Å². The molecule has 2 aromatic rings. The molecule has 3 aliphatic rings. The second-order valence-electron chi connectivity index (χ2n) is 10.1. The molecular weight excluding hydrogens is 388 g/mol. The predicted octanol–water partition coefficient (Wildman–Crippen LogP) is 4.92. The fourth-order valence-corrected chi connectivity index (χ4v) is 4.85.